The molecule has 22 heavy (non-hydrogen) atoms. The fourth-order valence-electron chi connectivity index (χ4n) is 2.62. The van der Waals surface area contributed by atoms with Crippen LogP contribution in [0.15, 0.2) is 11.1 Å². The number of thiophene rings is 1. The molecule has 0 spiro atoms. The number of H-pyrrole nitrogens is 1. The van der Waals surface area contributed by atoms with Crippen LogP contribution in [0, 0.1) is 0 Å². The molecule has 6 nitrogen and oxygen atoms in total. The summed E-state index contributed by atoms with van der Waals surface area (Å²) >= 11 is 1.49. The lowest BCUT2D eigenvalue weighted by Crippen LogP contribution is -2.36. The lowest BCUT2D eigenvalue weighted by atomic mass is 10.1. The van der Waals surface area contributed by atoms with E-state index in [2.05, 4.69) is 9.97 Å². The number of amides is 1. The molecule has 0 fully saturated rings. The van der Waals surface area contributed by atoms with Gasteiger partial charge in [-0.3, -0.25) is 4.79 Å². The summed E-state index contributed by atoms with van der Waals surface area (Å²) in [6.45, 7) is 6.69. The summed E-state index contributed by atoms with van der Waals surface area (Å²) < 4.78 is 5.45. The average molecular weight is 321 g/mol. The van der Waals surface area contributed by atoms with Crippen molar-refractivity contribution in [1.29, 1.82) is 0 Å². The number of nitrogens with one attached hydrogen (secondary N) is 1. The van der Waals surface area contributed by atoms with Gasteiger partial charge in [-0.2, -0.15) is 0 Å². The topological polar surface area (TPSA) is 75.3 Å². The lowest BCUT2D eigenvalue weighted by Gasteiger charge is -2.26. The third-order valence-electron chi connectivity index (χ3n) is 3.52. The highest BCUT2D eigenvalue weighted by Gasteiger charge is 2.27. The number of ether oxygens (including phenoxy) is 1. The highest BCUT2D eigenvalue weighted by atomic mass is 32.1. The van der Waals surface area contributed by atoms with Crippen LogP contribution in [0.4, 0.5) is 4.79 Å². The smallest absolute Gasteiger partial charge is 0.410 e. The predicted molar refractivity (Wildman–Crippen MR) is 85.2 cm³/mol. The zero-order valence-electron chi connectivity index (χ0n) is 12.9. The fourth-order valence-corrected chi connectivity index (χ4v) is 3.82. The molecule has 1 aliphatic heterocycles. The number of hydrogen-bond acceptors (Lipinski definition) is 5. The van der Waals surface area contributed by atoms with Gasteiger partial charge in [0.15, 0.2) is 0 Å². The Hall–Kier alpha value is -1.89. The Morgan fingerprint density at radius 1 is 1.45 bits per heavy atom. The summed E-state index contributed by atoms with van der Waals surface area (Å²) in [6.07, 6.45) is 2.71. The van der Waals surface area contributed by atoms with Gasteiger partial charge in [-0.25, -0.2) is 9.78 Å². The summed E-state index contributed by atoms with van der Waals surface area (Å²) in [4.78, 5) is 34.7. The molecule has 0 radical (unpaired) electrons. The number of hydrogen-bond donors (Lipinski definition) is 1. The van der Waals surface area contributed by atoms with E-state index in [1.165, 1.54) is 17.7 Å². The van der Waals surface area contributed by atoms with Crippen LogP contribution >= 0.6 is 11.3 Å². The Morgan fingerprint density at radius 3 is 2.95 bits per heavy atom. The standard InChI is InChI=1S/C15H19N3O3S/c1-15(2,3)21-14(20)18-6-4-5-9-10(7-18)22-13-11(9)12(19)16-8-17-13/h8H,4-7H2,1-3H3,(H,16,17,19). The first-order valence-corrected chi connectivity index (χ1v) is 8.12. The van der Waals surface area contributed by atoms with Crippen molar-refractivity contribution in [1.82, 2.24) is 14.9 Å². The van der Waals surface area contributed by atoms with Gasteiger partial charge in [0.2, 0.25) is 0 Å². The quantitative estimate of drug-likeness (QED) is 0.809. The molecule has 0 unspecified atom stereocenters. The van der Waals surface area contributed by atoms with E-state index in [1.54, 1.807) is 4.90 Å². The van der Waals surface area contributed by atoms with Gasteiger partial charge in [0.1, 0.15) is 10.4 Å². The van der Waals surface area contributed by atoms with Gasteiger partial charge < -0.3 is 14.6 Å². The Bertz CT molecular complexity index is 772. The minimum atomic E-state index is -0.509. The first kappa shape index (κ1) is 15.0. The lowest BCUT2D eigenvalue weighted by molar-refractivity contribution is 0.0238. The summed E-state index contributed by atoms with van der Waals surface area (Å²) in [5.41, 5.74) is 0.416. The fraction of sp³-hybridized carbons (Fsp3) is 0.533. The SMILES string of the molecule is CC(C)(C)OC(=O)N1CCCc2c(sc3nc[nH]c(=O)c23)C1. The summed E-state index contributed by atoms with van der Waals surface area (Å²) in [6, 6.07) is 0. The van der Waals surface area contributed by atoms with Crippen molar-refractivity contribution in [3.8, 4) is 0 Å². The normalized spacial score (nSPS) is 15.5. The second kappa shape index (κ2) is 5.39. The molecule has 1 N–H and O–H groups in total. The van der Waals surface area contributed by atoms with Gasteiger partial charge in [-0.1, -0.05) is 0 Å². The molecule has 2 aromatic rings. The maximum absolute atomic E-state index is 12.3. The molecule has 0 atom stereocenters. The second-order valence-electron chi connectivity index (χ2n) is 6.42. The van der Waals surface area contributed by atoms with E-state index in [9.17, 15) is 9.59 Å². The Labute approximate surface area is 132 Å². The first-order chi connectivity index (χ1) is 10.3. The minimum absolute atomic E-state index is 0.104. The molecule has 3 rings (SSSR count). The molecule has 2 aromatic heterocycles. The summed E-state index contributed by atoms with van der Waals surface area (Å²) in [7, 11) is 0. The Morgan fingerprint density at radius 2 is 2.23 bits per heavy atom. The summed E-state index contributed by atoms with van der Waals surface area (Å²) in [5.74, 6) is 0. The Kier molecular flexibility index (Phi) is 3.68. The van der Waals surface area contributed by atoms with Gasteiger partial charge in [0.25, 0.3) is 5.56 Å². The third kappa shape index (κ3) is 2.85. The van der Waals surface area contributed by atoms with Crippen molar-refractivity contribution in [2.24, 2.45) is 0 Å². The monoisotopic (exact) mass is 321 g/mol. The van der Waals surface area contributed by atoms with Crippen LogP contribution in [0.5, 0.6) is 0 Å². The summed E-state index contributed by atoms with van der Waals surface area (Å²) in [5, 5.41) is 0.675. The number of aryl methyl sites for hydroxylation is 1. The molecule has 0 bridgehead atoms. The van der Waals surface area contributed by atoms with Gasteiger partial charge in [-0.15, -0.1) is 11.3 Å². The molecule has 3 heterocycles. The van der Waals surface area contributed by atoms with Crippen molar-refractivity contribution in [2.45, 2.75) is 45.8 Å². The molecular formula is C15H19N3O3S. The third-order valence-corrected chi connectivity index (χ3v) is 4.64. The highest BCUT2D eigenvalue weighted by Crippen LogP contribution is 2.32. The van der Waals surface area contributed by atoms with Crippen LogP contribution in [0.25, 0.3) is 10.2 Å². The molecule has 0 aliphatic carbocycles. The highest BCUT2D eigenvalue weighted by molar-refractivity contribution is 7.18. The van der Waals surface area contributed by atoms with E-state index in [0.29, 0.717) is 18.5 Å². The van der Waals surface area contributed by atoms with Gasteiger partial charge >= 0.3 is 6.09 Å². The van der Waals surface area contributed by atoms with Gasteiger partial charge in [-0.05, 0) is 39.2 Å². The largest absolute Gasteiger partial charge is 0.444 e. The minimum Gasteiger partial charge on any atom is -0.444 e. The van der Waals surface area contributed by atoms with E-state index in [0.717, 1.165) is 28.1 Å². The zero-order valence-corrected chi connectivity index (χ0v) is 13.7. The van der Waals surface area contributed by atoms with Crippen LogP contribution in [0.2, 0.25) is 0 Å². The van der Waals surface area contributed by atoms with Crippen molar-refractivity contribution in [3.05, 3.63) is 27.1 Å². The maximum Gasteiger partial charge on any atom is 0.410 e. The van der Waals surface area contributed by atoms with E-state index in [1.807, 2.05) is 20.8 Å². The van der Waals surface area contributed by atoms with Crippen molar-refractivity contribution in [3.63, 3.8) is 0 Å². The van der Waals surface area contributed by atoms with Crippen LogP contribution in [0.1, 0.15) is 37.6 Å². The number of carbonyl (C=O) groups excluding carboxylic acids is 1. The van der Waals surface area contributed by atoms with E-state index < -0.39 is 5.60 Å². The Balaban J connectivity index is 1.93. The number of fused-ring (bicyclic) bond motifs is 3. The number of nitrogens with zero attached hydrogens (tertiary/aromatic N) is 2. The van der Waals surface area contributed by atoms with Gasteiger partial charge in [0, 0.05) is 11.4 Å². The predicted octanol–water partition coefficient (Wildman–Crippen LogP) is 2.67. The van der Waals surface area contributed by atoms with Crippen LogP contribution < -0.4 is 5.56 Å². The molecule has 7 heteroatoms. The number of carbonyl (C=O) groups is 1. The van der Waals surface area contributed by atoms with Crippen LogP contribution in [-0.4, -0.2) is 33.1 Å². The molecule has 0 saturated carbocycles. The van der Waals surface area contributed by atoms with Crippen LogP contribution in [0.3, 0.4) is 0 Å². The van der Waals surface area contributed by atoms with Crippen LogP contribution in [-0.2, 0) is 17.7 Å². The molecule has 0 saturated heterocycles. The molecule has 1 aliphatic rings. The molecular weight excluding hydrogens is 302 g/mol. The molecule has 118 valence electrons. The van der Waals surface area contributed by atoms with E-state index >= 15 is 0 Å². The van der Waals surface area contributed by atoms with Crippen molar-refractivity contribution < 1.29 is 9.53 Å². The maximum atomic E-state index is 12.3. The van der Waals surface area contributed by atoms with Gasteiger partial charge in [0.05, 0.1) is 18.3 Å². The van der Waals surface area contributed by atoms with E-state index in [4.69, 9.17) is 4.74 Å². The van der Waals surface area contributed by atoms with Crippen molar-refractivity contribution >= 4 is 27.6 Å². The average Bonchev–Trinajstić information content (AvgIpc) is 2.62. The second-order valence-corrected chi connectivity index (χ2v) is 7.50. The molecule has 0 aromatic carbocycles. The zero-order chi connectivity index (χ0) is 15.9. The number of aromatic amines is 1. The number of rotatable bonds is 0. The van der Waals surface area contributed by atoms with E-state index in [-0.39, 0.29) is 11.7 Å². The van der Waals surface area contributed by atoms with Crippen molar-refractivity contribution in [2.75, 3.05) is 6.54 Å². The number of aromatic nitrogens is 2. The molecule has 1 amide bonds. The first-order valence-electron chi connectivity index (χ1n) is 7.31.